The Bertz CT molecular complexity index is 1980. The molecule has 14 heteroatoms. The number of carboxylic acids is 1. The third-order valence-electron chi connectivity index (χ3n) is 9.63. The van der Waals surface area contributed by atoms with Gasteiger partial charge in [0, 0.05) is 41.9 Å². The predicted octanol–water partition coefficient (Wildman–Crippen LogP) is 6.29. The van der Waals surface area contributed by atoms with Gasteiger partial charge in [-0.3, -0.25) is 9.11 Å². The molecule has 2 aliphatic rings. The summed E-state index contributed by atoms with van der Waals surface area (Å²) in [5, 5.41) is 10.00. The highest BCUT2D eigenvalue weighted by molar-refractivity contribution is 7.86. The molecule has 2 aromatic rings. The SMILES string of the molecule is CCCC[N+]1=C(/C=C/C=C2/N(CCCS(=O)(=O)O)c3ccccc3C2(C)CCC)C(C)(C)c2c(C(=O)OCCCS(=O)(=O)O)cc(C(=O)O)cc21. The van der Waals surface area contributed by atoms with Crippen molar-refractivity contribution < 1.29 is 49.9 Å². The molecule has 2 aromatic carbocycles. The number of unbranched alkanes of at least 4 members (excludes halogenated alkanes) is 1. The van der Waals surface area contributed by atoms with E-state index < -0.39 is 43.3 Å². The maximum Gasteiger partial charge on any atom is 0.338 e. The number of benzene rings is 2. The van der Waals surface area contributed by atoms with E-state index in [1.54, 1.807) is 6.07 Å². The van der Waals surface area contributed by atoms with Crippen LogP contribution in [-0.2, 0) is 35.8 Å². The van der Waals surface area contributed by atoms with Gasteiger partial charge in [0.1, 0.15) is 6.54 Å². The number of hydrogen-bond acceptors (Lipinski definition) is 8. The number of fused-ring (bicyclic) bond motifs is 2. The number of carbonyl (C=O) groups excluding carboxylic acids is 1. The number of carbonyl (C=O) groups is 2. The molecule has 4 rings (SSSR count). The summed E-state index contributed by atoms with van der Waals surface area (Å²) >= 11 is 0. The third-order valence-corrected chi connectivity index (χ3v) is 11.2. The Hall–Kier alpha value is -3.85. The summed E-state index contributed by atoms with van der Waals surface area (Å²) in [6.45, 7) is 10.9. The van der Waals surface area contributed by atoms with Crippen LogP contribution < -0.4 is 4.90 Å². The van der Waals surface area contributed by atoms with Gasteiger partial charge in [-0.2, -0.15) is 21.4 Å². The Kier molecular flexibility index (Phi) is 12.4. The smallest absolute Gasteiger partial charge is 0.338 e. The van der Waals surface area contributed by atoms with Gasteiger partial charge in [0.15, 0.2) is 5.71 Å². The van der Waals surface area contributed by atoms with Crippen molar-refractivity contribution in [1.82, 2.24) is 0 Å². The minimum atomic E-state index is -4.24. The van der Waals surface area contributed by atoms with Gasteiger partial charge in [-0.15, -0.1) is 0 Å². The van der Waals surface area contributed by atoms with Crippen LogP contribution in [0.4, 0.5) is 11.4 Å². The van der Waals surface area contributed by atoms with E-state index in [2.05, 4.69) is 24.8 Å². The zero-order valence-corrected chi connectivity index (χ0v) is 31.5. The van der Waals surface area contributed by atoms with Crippen molar-refractivity contribution in [3.05, 3.63) is 82.6 Å². The highest BCUT2D eigenvalue weighted by Crippen LogP contribution is 2.50. The molecule has 0 radical (unpaired) electrons. The zero-order valence-electron chi connectivity index (χ0n) is 29.9. The molecule has 2 aliphatic heterocycles. The molecule has 1 unspecified atom stereocenters. The largest absolute Gasteiger partial charge is 0.478 e. The van der Waals surface area contributed by atoms with Crippen LogP contribution in [0.3, 0.4) is 0 Å². The Morgan fingerprint density at radius 1 is 0.941 bits per heavy atom. The number of ether oxygens (including phenoxy) is 1. The van der Waals surface area contributed by atoms with Crippen molar-refractivity contribution in [3.63, 3.8) is 0 Å². The van der Waals surface area contributed by atoms with Crippen LogP contribution in [0.2, 0.25) is 0 Å². The molecule has 0 bridgehead atoms. The molecule has 0 fully saturated rings. The lowest BCUT2D eigenvalue weighted by atomic mass is 9.77. The van der Waals surface area contributed by atoms with Gasteiger partial charge in [-0.05, 0) is 63.8 Å². The summed E-state index contributed by atoms with van der Waals surface area (Å²) < 4.78 is 71.4. The molecule has 0 aliphatic carbocycles. The highest BCUT2D eigenvalue weighted by Gasteiger charge is 2.48. The highest BCUT2D eigenvalue weighted by atomic mass is 32.2. The van der Waals surface area contributed by atoms with Crippen LogP contribution in [0.25, 0.3) is 0 Å². The van der Waals surface area contributed by atoms with Crippen LogP contribution in [0.15, 0.2) is 60.3 Å². The van der Waals surface area contributed by atoms with Gasteiger partial charge in [-0.1, -0.05) is 51.0 Å². The lowest BCUT2D eigenvalue weighted by Crippen LogP contribution is -2.30. The molecule has 0 spiro atoms. The van der Waals surface area contributed by atoms with Crippen molar-refractivity contribution in [1.29, 1.82) is 0 Å². The van der Waals surface area contributed by atoms with E-state index >= 15 is 0 Å². The van der Waals surface area contributed by atoms with Crippen molar-refractivity contribution >= 4 is 49.3 Å². The van der Waals surface area contributed by atoms with E-state index in [9.17, 15) is 36.1 Å². The Morgan fingerprint density at radius 3 is 2.24 bits per heavy atom. The first-order chi connectivity index (χ1) is 23.9. The number of nitrogens with zero attached hydrogens (tertiary/aromatic N) is 2. The summed E-state index contributed by atoms with van der Waals surface area (Å²) in [5.41, 5.74) is 3.88. The number of anilines is 1. The summed E-state index contributed by atoms with van der Waals surface area (Å²) in [7, 11) is -8.38. The zero-order chi connectivity index (χ0) is 37.8. The summed E-state index contributed by atoms with van der Waals surface area (Å²) in [6, 6.07) is 10.9. The van der Waals surface area contributed by atoms with E-state index in [-0.39, 0.29) is 41.7 Å². The molecule has 3 N–H and O–H groups in total. The fourth-order valence-corrected chi connectivity index (χ4v) is 8.35. The van der Waals surface area contributed by atoms with Gasteiger partial charge in [0.25, 0.3) is 20.2 Å². The molecule has 0 saturated carbocycles. The van der Waals surface area contributed by atoms with E-state index in [1.807, 2.05) is 61.8 Å². The van der Waals surface area contributed by atoms with Crippen LogP contribution >= 0.6 is 0 Å². The number of hydrogen-bond donors (Lipinski definition) is 3. The maximum absolute atomic E-state index is 13.5. The first-order valence-corrected chi connectivity index (χ1v) is 20.5. The fourth-order valence-electron chi connectivity index (χ4n) is 7.37. The normalized spacial score (nSPS) is 19.2. The minimum absolute atomic E-state index is 0.0665. The number of para-hydroxylation sites is 1. The van der Waals surface area contributed by atoms with Gasteiger partial charge in [-0.25, -0.2) is 9.59 Å². The number of rotatable bonds is 17. The van der Waals surface area contributed by atoms with Gasteiger partial charge in [0.2, 0.25) is 5.69 Å². The minimum Gasteiger partial charge on any atom is -0.478 e. The van der Waals surface area contributed by atoms with Crippen LogP contribution in [-0.4, -0.2) is 84.5 Å². The molecule has 0 amide bonds. The second-order valence-corrected chi connectivity index (χ2v) is 17.0. The second kappa shape index (κ2) is 15.8. The molecule has 51 heavy (non-hydrogen) atoms. The van der Waals surface area contributed by atoms with Crippen LogP contribution in [0, 0.1) is 0 Å². The lowest BCUT2D eigenvalue weighted by Gasteiger charge is -2.30. The number of aromatic carboxylic acids is 1. The van der Waals surface area contributed by atoms with Gasteiger partial charge >= 0.3 is 11.9 Å². The monoisotopic (exact) mass is 745 g/mol. The number of allylic oxidation sites excluding steroid dienone is 4. The Labute approximate surface area is 301 Å². The second-order valence-electron chi connectivity index (χ2n) is 13.8. The third kappa shape index (κ3) is 8.97. The molecule has 2 heterocycles. The van der Waals surface area contributed by atoms with Gasteiger partial charge in [0.05, 0.1) is 40.2 Å². The lowest BCUT2D eigenvalue weighted by molar-refractivity contribution is -0.438. The van der Waals surface area contributed by atoms with E-state index in [1.165, 1.54) is 6.07 Å². The first kappa shape index (κ1) is 39.9. The Balaban J connectivity index is 1.81. The van der Waals surface area contributed by atoms with Crippen LogP contribution in [0.5, 0.6) is 0 Å². The number of carboxylic acid groups (broad SMARTS) is 1. The van der Waals surface area contributed by atoms with Crippen molar-refractivity contribution in [2.75, 3.05) is 36.1 Å². The molecular formula is C37H49N2O10S2+. The quantitative estimate of drug-likeness (QED) is 0.0717. The molecule has 278 valence electrons. The molecule has 0 saturated heterocycles. The summed E-state index contributed by atoms with van der Waals surface area (Å²) in [6.07, 6.45) is 9.42. The topological polar surface area (TPSA) is 179 Å². The molecule has 0 aromatic heterocycles. The van der Waals surface area contributed by atoms with E-state index in [0.29, 0.717) is 24.3 Å². The molecule has 1 atom stereocenters. The van der Waals surface area contributed by atoms with Gasteiger partial charge < -0.3 is 14.7 Å². The van der Waals surface area contributed by atoms with E-state index in [0.717, 1.165) is 48.3 Å². The van der Waals surface area contributed by atoms with Crippen molar-refractivity contribution in [2.24, 2.45) is 0 Å². The summed E-state index contributed by atoms with van der Waals surface area (Å²) in [5.74, 6) is -2.95. The predicted molar refractivity (Wildman–Crippen MR) is 197 cm³/mol. The Morgan fingerprint density at radius 2 is 1.61 bits per heavy atom. The standard InChI is InChI=1S/C37H48N2O10S2/c1-6-8-19-39-30-25-26(34(40)41)24-27(35(42)49-21-13-23-51(46,47)48)33(30)36(3,4)31(39)16-11-17-32-37(5,18-7-2)28-14-9-10-15-29(28)38(32)20-12-22-50(43,44)45/h9-11,14-17,24-25H,6-8,12-13,18-23H2,1-5H3,(H2-,40,41,43,44,45,46,47,48)/p+1. The number of esters is 1. The van der Waals surface area contributed by atoms with Crippen molar-refractivity contribution in [3.8, 4) is 0 Å². The first-order valence-electron chi connectivity index (χ1n) is 17.3. The average Bonchev–Trinajstić information content (AvgIpc) is 3.40. The maximum atomic E-state index is 13.5. The van der Waals surface area contributed by atoms with E-state index in [4.69, 9.17) is 9.29 Å². The summed E-state index contributed by atoms with van der Waals surface area (Å²) in [4.78, 5) is 27.9. The average molecular weight is 746 g/mol. The molecular weight excluding hydrogens is 697 g/mol. The fraction of sp³-hybridized carbons (Fsp3) is 0.486. The van der Waals surface area contributed by atoms with Crippen molar-refractivity contribution in [2.45, 2.75) is 84.0 Å². The molecule has 12 nitrogen and oxygen atoms in total. The van der Waals surface area contributed by atoms with Crippen LogP contribution in [0.1, 0.15) is 105 Å².